The summed E-state index contributed by atoms with van der Waals surface area (Å²) in [6.07, 6.45) is 80.0. The number of amides is 1. The van der Waals surface area contributed by atoms with E-state index in [1.54, 1.807) is 6.08 Å². The van der Waals surface area contributed by atoms with E-state index in [1.165, 1.54) is 327 Å². The number of unbranched alkanes of at least 4 members (excludes halogenated alkanes) is 54. The van der Waals surface area contributed by atoms with Crippen LogP contribution in [0, 0.1) is 0 Å². The monoisotopic (exact) mass is 1060 g/mol. The molecule has 6 nitrogen and oxygen atoms in total. The number of carbonyl (C=O) groups excluding carboxylic acids is 2. The molecule has 0 bridgehead atoms. The van der Waals surface area contributed by atoms with Crippen LogP contribution in [0.3, 0.4) is 0 Å². The molecular weight excluding hydrogens is 923 g/mol. The predicted octanol–water partition coefficient (Wildman–Crippen LogP) is 22.0. The van der Waals surface area contributed by atoms with Gasteiger partial charge >= 0.3 is 5.97 Å². The van der Waals surface area contributed by atoms with E-state index in [9.17, 15) is 19.8 Å². The van der Waals surface area contributed by atoms with E-state index >= 15 is 0 Å². The quantitative estimate of drug-likeness (QED) is 0.0320. The number of ether oxygens (including phenoxy) is 1. The van der Waals surface area contributed by atoms with Crippen molar-refractivity contribution in [3.63, 3.8) is 0 Å². The molecule has 1 amide bonds. The van der Waals surface area contributed by atoms with E-state index in [0.717, 1.165) is 38.5 Å². The number of hydrogen-bond donors (Lipinski definition) is 3. The third kappa shape index (κ3) is 61.7. The second-order valence-corrected chi connectivity index (χ2v) is 23.9. The number of allylic oxidation sites excluding steroid dienone is 1. The molecule has 0 saturated heterocycles. The maximum absolute atomic E-state index is 12.5. The minimum Gasteiger partial charge on any atom is -0.466 e. The van der Waals surface area contributed by atoms with Gasteiger partial charge in [0.25, 0.3) is 0 Å². The molecule has 0 aliphatic carbocycles. The Morgan fingerprint density at radius 3 is 0.907 bits per heavy atom. The summed E-state index contributed by atoms with van der Waals surface area (Å²) in [6, 6.07) is -0.626. The minimum atomic E-state index is -0.843. The lowest BCUT2D eigenvalue weighted by Crippen LogP contribution is -2.45. The zero-order valence-corrected chi connectivity index (χ0v) is 51.1. The molecule has 2 atom stereocenters. The van der Waals surface area contributed by atoms with Crippen molar-refractivity contribution in [3.8, 4) is 0 Å². The van der Waals surface area contributed by atoms with Crippen LogP contribution in [-0.2, 0) is 14.3 Å². The number of nitrogens with one attached hydrogen (secondary N) is 1. The molecule has 0 aromatic rings. The first-order chi connectivity index (χ1) is 37.0. The molecule has 0 radical (unpaired) electrons. The van der Waals surface area contributed by atoms with Crippen LogP contribution < -0.4 is 5.32 Å². The van der Waals surface area contributed by atoms with Crippen molar-refractivity contribution >= 4 is 11.9 Å². The summed E-state index contributed by atoms with van der Waals surface area (Å²) in [5.74, 6) is -0.0438. The molecule has 6 heteroatoms. The van der Waals surface area contributed by atoms with Crippen molar-refractivity contribution in [1.29, 1.82) is 0 Å². The highest BCUT2D eigenvalue weighted by Crippen LogP contribution is 2.19. The third-order valence-electron chi connectivity index (χ3n) is 16.3. The van der Waals surface area contributed by atoms with Crippen molar-refractivity contribution < 1.29 is 24.5 Å². The second kappa shape index (κ2) is 65.1. The SMILES string of the molecule is CCCCCCCCCCCCCCCCCCCCC/C=C/C(O)C(CO)NC(=O)CCCCCCCCCCCCCCCCCCCCCCCCCCCCOC(=O)CCCCCCCCCCCCC. The highest BCUT2D eigenvalue weighted by molar-refractivity contribution is 5.76. The van der Waals surface area contributed by atoms with Crippen LogP contribution in [0.2, 0.25) is 0 Å². The van der Waals surface area contributed by atoms with Gasteiger partial charge in [0.2, 0.25) is 5.91 Å². The lowest BCUT2D eigenvalue weighted by atomic mass is 10.0. The van der Waals surface area contributed by atoms with Crippen molar-refractivity contribution in [2.45, 2.75) is 405 Å². The largest absolute Gasteiger partial charge is 0.466 e. The zero-order chi connectivity index (χ0) is 54.3. The van der Waals surface area contributed by atoms with Crippen LogP contribution >= 0.6 is 0 Å². The molecule has 0 aliphatic heterocycles. The molecule has 0 aliphatic rings. The van der Waals surface area contributed by atoms with Crippen LogP contribution in [0.15, 0.2) is 12.2 Å². The predicted molar refractivity (Wildman–Crippen MR) is 329 cm³/mol. The standard InChI is InChI=1S/C69H135NO5/c1-3-5-7-9-11-13-15-16-17-18-19-26-29-32-35-38-42-45-49-53-57-61-67(72)66(65-71)70-68(73)62-58-54-50-46-43-39-36-33-30-27-24-22-20-21-23-25-28-31-34-37-40-44-48-52-56-60-64-75-69(74)63-59-55-51-47-41-14-12-10-8-6-4-2/h57,61,66-67,71-72H,3-56,58-60,62-65H2,1-2H3,(H,70,73)/b61-57+. The van der Waals surface area contributed by atoms with Gasteiger partial charge in [-0.15, -0.1) is 0 Å². The van der Waals surface area contributed by atoms with Crippen LogP contribution in [0.4, 0.5) is 0 Å². The molecule has 0 rings (SSSR count). The van der Waals surface area contributed by atoms with Gasteiger partial charge < -0.3 is 20.3 Å². The smallest absolute Gasteiger partial charge is 0.305 e. The van der Waals surface area contributed by atoms with Crippen molar-refractivity contribution in [3.05, 3.63) is 12.2 Å². The summed E-state index contributed by atoms with van der Waals surface area (Å²) >= 11 is 0. The lowest BCUT2D eigenvalue weighted by Gasteiger charge is -2.20. The van der Waals surface area contributed by atoms with E-state index in [0.29, 0.717) is 19.4 Å². The molecule has 446 valence electrons. The van der Waals surface area contributed by atoms with Gasteiger partial charge in [-0.3, -0.25) is 9.59 Å². The van der Waals surface area contributed by atoms with E-state index < -0.39 is 12.1 Å². The molecule has 3 N–H and O–H groups in total. The lowest BCUT2D eigenvalue weighted by molar-refractivity contribution is -0.143. The number of carbonyl (C=O) groups is 2. The average Bonchev–Trinajstić information content (AvgIpc) is 3.41. The molecule has 2 unspecified atom stereocenters. The first-order valence-corrected chi connectivity index (χ1v) is 34.5. The topological polar surface area (TPSA) is 95.9 Å². The molecule has 0 aromatic carbocycles. The zero-order valence-electron chi connectivity index (χ0n) is 51.1. The highest BCUT2D eigenvalue weighted by Gasteiger charge is 2.18. The summed E-state index contributed by atoms with van der Waals surface area (Å²) in [5.41, 5.74) is 0. The molecule has 0 aromatic heterocycles. The van der Waals surface area contributed by atoms with Gasteiger partial charge in [0.1, 0.15) is 0 Å². The van der Waals surface area contributed by atoms with Crippen LogP contribution in [0.1, 0.15) is 393 Å². The molecule has 0 fully saturated rings. The molecular formula is C69H135NO5. The van der Waals surface area contributed by atoms with Crippen molar-refractivity contribution in [2.75, 3.05) is 13.2 Å². The fourth-order valence-corrected chi connectivity index (χ4v) is 11.1. The van der Waals surface area contributed by atoms with Crippen molar-refractivity contribution in [1.82, 2.24) is 5.32 Å². The van der Waals surface area contributed by atoms with E-state index in [4.69, 9.17) is 4.74 Å². The van der Waals surface area contributed by atoms with E-state index in [-0.39, 0.29) is 18.5 Å². The summed E-state index contributed by atoms with van der Waals surface area (Å²) in [4.78, 5) is 24.5. The fraction of sp³-hybridized carbons (Fsp3) is 0.942. The Morgan fingerprint density at radius 1 is 0.360 bits per heavy atom. The summed E-state index contributed by atoms with van der Waals surface area (Å²) in [7, 11) is 0. The van der Waals surface area contributed by atoms with Gasteiger partial charge in [0, 0.05) is 12.8 Å². The van der Waals surface area contributed by atoms with Gasteiger partial charge in [0.15, 0.2) is 0 Å². The Balaban J connectivity index is 3.38. The average molecular weight is 1060 g/mol. The number of esters is 1. The summed E-state index contributed by atoms with van der Waals surface area (Å²) in [5, 5.41) is 23.2. The second-order valence-electron chi connectivity index (χ2n) is 23.9. The van der Waals surface area contributed by atoms with Gasteiger partial charge in [-0.2, -0.15) is 0 Å². The number of aliphatic hydroxyl groups excluding tert-OH is 2. The Morgan fingerprint density at radius 2 is 0.613 bits per heavy atom. The normalized spacial score (nSPS) is 12.5. The maximum atomic E-state index is 12.5. The first-order valence-electron chi connectivity index (χ1n) is 34.5. The number of rotatable bonds is 65. The Hall–Kier alpha value is -1.40. The minimum absolute atomic E-state index is 0.0174. The fourth-order valence-electron chi connectivity index (χ4n) is 11.1. The van der Waals surface area contributed by atoms with Crippen LogP contribution in [0.25, 0.3) is 0 Å². The molecule has 75 heavy (non-hydrogen) atoms. The summed E-state index contributed by atoms with van der Waals surface area (Å²) < 4.78 is 5.47. The Bertz CT molecular complexity index is 1130. The van der Waals surface area contributed by atoms with E-state index in [1.807, 2.05) is 6.08 Å². The highest BCUT2D eigenvalue weighted by atomic mass is 16.5. The van der Waals surface area contributed by atoms with Crippen LogP contribution in [0.5, 0.6) is 0 Å². The molecule has 0 heterocycles. The van der Waals surface area contributed by atoms with Gasteiger partial charge in [-0.25, -0.2) is 0 Å². The Kier molecular flexibility index (Phi) is 63.9. The number of aliphatic hydroxyl groups is 2. The van der Waals surface area contributed by atoms with Crippen molar-refractivity contribution in [2.24, 2.45) is 0 Å². The summed E-state index contributed by atoms with van der Waals surface area (Å²) in [6.45, 7) is 4.94. The first kappa shape index (κ1) is 73.6. The molecule has 0 spiro atoms. The van der Waals surface area contributed by atoms with Gasteiger partial charge in [-0.05, 0) is 32.1 Å². The van der Waals surface area contributed by atoms with Gasteiger partial charge in [0.05, 0.1) is 25.4 Å². The van der Waals surface area contributed by atoms with E-state index in [2.05, 4.69) is 19.2 Å². The maximum Gasteiger partial charge on any atom is 0.305 e. The van der Waals surface area contributed by atoms with Gasteiger partial charge in [-0.1, -0.05) is 360 Å². The van der Waals surface area contributed by atoms with Crippen LogP contribution in [-0.4, -0.2) is 47.4 Å². The molecule has 0 saturated carbocycles. The number of hydrogen-bond acceptors (Lipinski definition) is 5. The third-order valence-corrected chi connectivity index (χ3v) is 16.3. The Labute approximate surface area is 469 Å².